The molecule has 1 fully saturated rings. The summed E-state index contributed by atoms with van der Waals surface area (Å²) in [6.07, 6.45) is 6.43. The first kappa shape index (κ1) is 14.3. The SMILES string of the molecule is Cn1cc(Br)cc1C(=O)NC[C@H]1CCO[C@@H]1c1cn[nH]c1. The van der Waals surface area contributed by atoms with Crippen LogP contribution < -0.4 is 5.32 Å². The van der Waals surface area contributed by atoms with Gasteiger partial charge in [0.05, 0.1) is 12.3 Å². The summed E-state index contributed by atoms with van der Waals surface area (Å²) in [7, 11) is 1.85. The third-order valence-corrected chi connectivity index (χ3v) is 4.22. The lowest BCUT2D eigenvalue weighted by Gasteiger charge is -2.17. The number of carbonyl (C=O) groups is 1. The van der Waals surface area contributed by atoms with Crippen LogP contribution in [0.4, 0.5) is 0 Å². The monoisotopic (exact) mass is 352 g/mol. The lowest BCUT2D eigenvalue weighted by Crippen LogP contribution is -2.31. The predicted octanol–water partition coefficient (Wildman–Crippen LogP) is 2.02. The van der Waals surface area contributed by atoms with Gasteiger partial charge < -0.3 is 14.6 Å². The highest BCUT2D eigenvalue weighted by Crippen LogP contribution is 2.33. The van der Waals surface area contributed by atoms with Gasteiger partial charge >= 0.3 is 0 Å². The fraction of sp³-hybridized carbons (Fsp3) is 0.429. The van der Waals surface area contributed by atoms with Gasteiger partial charge in [-0.2, -0.15) is 5.10 Å². The Labute approximate surface area is 131 Å². The summed E-state index contributed by atoms with van der Waals surface area (Å²) in [5.41, 5.74) is 1.68. The Morgan fingerprint density at radius 2 is 2.52 bits per heavy atom. The molecule has 1 saturated heterocycles. The van der Waals surface area contributed by atoms with E-state index in [1.165, 1.54) is 0 Å². The van der Waals surface area contributed by atoms with Gasteiger partial charge in [-0.25, -0.2) is 0 Å². The first-order valence-electron chi connectivity index (χ1n) is 6.85. The molecule has 2 N–H and O–H groups in total. The first-order chi connectivity index (χ1) is 10.1. The highest BCUT2D eigenvalue weighted by Gasteiger charge is 2.30. The fourth-order valence-corrected chi connectivity index (χ4v) is 3.22. The number of nitrogens with zero attached hydrogens (tertiary/aromatic N) is 2. The number of hydrogen-bond acceptors (Lipinski definition) is 3. The second kappa shape index (κ2) is 6.03. The molecule has 1 aliphatic rings. The van der Waals surface area contributed by atoms with Crippen molar-refractivity contribution in [3.8, 4) is 0 Å². The smallest absolute Gasteiger partial charge is 0.267 e. The normalized spacial score (nSPS) is 21.6. The third kappa shape index (κ3) is 3.03. The van der Waals surface area contributed by atoms with Crippen LogP contribution in [0.2, 0.25) is 0 Å². The number of amides is 1. The average Bonchev–Trinajstić information content (AvgIpc) is 3.15. The van der Waals surface area contributed by atoms with Gasteiger partial charge in [0.15, 0.2) is 0 Å². The molecule has 6 nitrogen and oxygen atoms in total. The van der Waals surface area contributed by atoms with Crippen LogP contribution in [0.1, 0.15) is 28.6 Å². The number of nitrogens with one attached hydrogen (secondary N) is 2. The van der Waals surface area contributed by atoms with E-state index >= 15 is 0 Å². The van der Waals surface area contributed by atoms with Crippen LogP contribution >= 0.6 is 15.9 Å². The Kier molecular flexibility index (Phi) is 4.12. The molecule has 2 aromatic heterocycles. The standard InChI is InChI=1S/C14H17BrN4O2/c1-19-8-11(15)4-12(19)14(20)16-5-9-2-3-21-13(9)10-6-17-18-7-10/h4,6-9,13H,2-3,5H2,1H3,(H,16,20)(H,17,18)/t9-,13+/m1/s1. The molecule has 0 saturated carbocycles. The zero-order chi connectivity index (χ0) is 14.8. The Balaban J connectivity index is 1.62. The fourth-order valence-electron chi connectivity index (χ4n) is 2.69. The number of carbonyl (C=O) groups excluding carboxylic acids is 1. The van der Waals surface area contributed by atoms with Crippen molar-refractivity contribution < 1.29 is 9.53 Å². The molecule has 1 amide bonds. The van der Waals surface area contributed by atoms with Gasteiger partial charge in [0.1, 0.15) is 5.69 Å². The number of rotatable bonds is 4. The summed E-state index contributed by atoms with van der Waals surface area (Å²) in [6.45, 7) is 1.31. The van der Waals surface area contributed by atoms with Gasteiger partial charge in [-0.05, 0) is 28.4 Å². The maximum atomic E-state index is 12.2. The minimum absolute atomic E-state index is 0.00389. The number of halogens is 1. The number of aromatic amines is 1. The van der Waals surface area contributed by atoms with E-state index in [0.717, 1.165) is 16.5 Å². The Bertz CT molecular complexity index is 623. The second-order valence-electron chi connectivity index (χ2n) is 5.24. The molecule has 3 heterocycles. The minimum Gasteiger partial charge on any atom is -0.373 e. The molecule has 3 rings (SSSR count). The molecular weight excluding hydrogens is 336 g/mol. The van der Waals surface area contributed by atoms with Gasteiger partial charge in [-0.1, -0.05) is 0 Å². The van der Waals surface area contributed by atoms with Crippen molar-refractivity contribution in [2.24, 2.45) is 13.0 Å². The molecule has 2 aromatic rings. The van der Waals surface area contributed by atoms with Gasteiger partial charge in [0.2, 0.25) is 0 Å². The summed E-state index contributed by atoms with van der Waals surface area (Å²) < 4.78 is 8.45. The Morgan fingerprint density at radius 3 is 3.19 bits per heavy atom. The Morgan fingerprint density at radius 1 is 1.67 bits per heavy atom. The van der Waals surface area contributed by atoms with Crippen LogP contribution in [0.25, 0.3) is 0 Å². The average molecular weight is 353 g/mol. The predicted molar refractivity (Wildman–Crippen MR) is 80.8 cm³/mol. The van der Waals surface area contributed by atoms with Crippen molar-refractivity contribution in [3.05, 3.63) is 40.4 Å². The minimum atomic E-state index is -0.0685. The molecule has 0 aliphatic carbocycles. The van der Waals surface area contributed by atoms with E-state index < -0.39 is 0 Å². The van der Waals surface area contributed by atoms with Gasteiger partial charge in [-0.3, -0.25) is 9.89 Å². The molecule has 0 unspecified atom stereocenters. The Hall–Kier alpha value is -1.60. The molecule has 0 bridgehead atoms. The summed E-state index contributed by atoms with van der Waals surface area (Å²) in [6, 6.07) is 1.81. The number of H-pyrrole nitrogens is 1. The molecule has 7 heteroatoms. The van der Waals surface area contributed by atoms with Crippen molar-refractivity contribution in [2.45, 2.75) is 12.5 Å². The maximum absolute atomic E-state index is 12.2. The summed E-state index contributed by atoms with van der Waals surface area (Å²) >= 11 is 3.37. The number of aromatic nitrogens is 3. The van der Waals surface area contributed by atoms with Crippen molar-refractivity contribution in [1.82, 2.24) is 20.1 Å². The van der Waals surface area contributed by atoms with Crippen LogP contribution in [-0.4, -0.2) is 33.8 Å². The third-order valence-electron chi connectivity index (χ3n) is 3.79. The van der Waals surface area contributed by atoms with E-state index in [1.54, 1.807) is 10.8 Å². The van der Waals surface area contributed by atoms with Crippen molar-refractivity contribution in [3.63, 3.8) is 0 Å². The second-order valence-corrected chi connectivity index (χ2v) is 6.15. The van der Waals surface area contributed by atoms with Crippen molar-refractivity contribution in [2.75, 3.05) is 13.2 Å². The van der Waals surface area contributed by atoms with Crippen LogP contribution in [0, 0.1) is 5.92 Å². The molecule has 21 heavy (non-hydrogen) atoms. The van der Waals surface area contributed by atoms with Crippen LogP contribution in [0.3, 0.4) is 0 Å². The van der Waals surface area contributed by atoms with E-state index in [2.05, 4.69) is 31.4 Å². The zero-order valence-corrected chi connectivity index (χ0v) is 13.3. The molecule has 2 atom stereocenters. The topological polar surface area (TPSA) is 71.9 Å². The first-order valence-corrected chi connectivity index (χ1v) is 7.65. The lowest BCUT2D eigenvalue weighted by atomic mass is 9.97. The zero-order valence-electron chi connectivity index (χ0n) is 11.7. The molecular formula is C14H17BrN4O2. The quantitative estimate of drug-likeness (QED) is 0.883. The highest BCUT2D eigenvalue weighted by atomic mass is 79.9. The highest BCUT2D eigenvalue weighted by molar-refractivity contribution is 9.10. The number of aryl methyl sites for hydroxylation is 1. The van der Waals surface area contributed by atoms with E-state index in [0.29, 0.717) is 18.8 Å². The molecule has 1 aliphatic heterocycles. The lowest BCUT2D eigenvalue weighted by molar-refractivity contribution is 0.0842. The largest absolute Gasteiger partial charge is 0.373 e. The summed E-state index contributed by atoms with van der Waals surface area (Å²) in [4.78, 5) is 12.2. The van der Waals surface area contributed by atoms with Crippen LogP contribution in [0.5, 0.6) is 0 Å². The van der Waals surface area contributed by atoms with Gasteiger partial charge in [0, 0.05) is 48.5 Å². The van der Waals surface area contributed by atoms with Gasteiger partial charge in [0.25, 0.3) is 5.91 Å². The van der Waals surface area contributed by atoms with E-state index in [9.17, 15) is 4.79 Å². The van der Waals surface area contributed by atoms with Crippen molar-refractivity contribution in [1.29, 1.82) is 0 Å². The van der Waals surface area contributed by atoms with Crippen LogP contribution in [0.15, 0.2) is 29.1 Å². The summed E-state index contributed by atoms with van der Waals surface area (Å²) in [5.74, 6) is 0.205. The van der Waals surface area contributed by atoms with Gasteiger partial charge in [-0.15, -0.1) is 0 Å². The molecule has 0 radical (unpaired) electrons. The molecule has 0 spiro atoms. The van der Waals surface area contributed by atoms with E-state index in [4.69, 9.17) is 4.74 Å². The maximum Gasteiger partial charge on any atom is 0.267 e. The number of hydrogen-bond donors (Lipinski definition) is 2. The van der Waals surface area contributed by atoms with E-state index in [-0.39, 0.29) is 17.9 Å². The van der Waals surface area contributed by atoms with E-state index in [1.807, 2.05) is 25.5 Å². The number of ether oxygens (including phenoxy) is 1. The van der Waals surface area contributed by atoms with Crippen LogP contribution in [-0.2, 0) is 11.8 Å². The molecule has 112 valence electrons. The summed E-state index contributed by atoms with van der Waals surface area (Å²) in [5, 5.41) is 9.76. The van der Waals surface area contributed by atoms with Crippen molar-refractivity contribution >= 4 is 21.8 Å². The molecule has 0 aromatic carbocycles.